The molecule has 0 aliphatic heterocycles. The molecule has 0 atom stereocenters. The van der Waals surface area contributed by atoms with E-state index in [9.17, 15) is 8.42 Å². The quantitative estimate of drug-likeness (QED) is 0.782. The molecule has 0 amide bonds. The van der Waals surface area contributed by atoms with Crippen LogP contribution >= 0.6 is 0 Å². The number of fused-ring (bicyclic) bond motifs is 1. The molecule has 78 valence electrons. The van der Waals surface area contributed by atoms with Crippen molar-refractivity contribution >= 4 is 21.3 Å². The second-order valence-corrected chi connectivity index (χ2v) is 3.89. The number of rotatable bonds is 2. The highest BCUT2D eigenvalue weighted by Crippen LogP contribution is 2.19. The summed E-state index contributed by atoms with van der Waals surface area (Å²) < 4.78 is 33.7. The smallest absolute Gasteiger partial charge is 0.362 e. The SMILES string of the molecule is O=S(=O)(O)Oc1ccc2ncccc2c1. The summed E-state index contributed by atoms with van der Waals surface area (Å²) in [5.41, 5.74) is 0.722. The Balaban J connectivity index is 2.48. The maximum absolute atomic E-state index is 10.5. The molecule has 6 heteroatoms. The van der Waals surface area contributed by atoms with Crippen LogP contribution in [0.3, 0.4) is 0 Å². The first-order valence-electron chi connectivity index (χ1n) is 4.06. The first kappa shape index (κ1) is 9.88. The van der Waals surface area contributed by atoms with Gasteiger partial charge in [-0.2, -0.15) is 8.42 Å². The Hall–Kier alpha value is -1.66. The van der Waals surface area contributed by atoms with Crippen molar-refractivity contribution in [3.63, 3.8) is 0 Å². The number of aromatic nitrogens is 1. The fourth-order valence-electron chi connectivity index (χ4n) is 1.23. The number of hydrogen-bond acceptors (Lipinski definition) is 4. The molecular formula is C9H7NO4S. The van der Waals surface area contributed by atoms with Crippen molar-refractivity contribution in [2.75, 3.05) is 0 Å². The second kappa shape index (κ2) is 3.48. The number of hydrogen-bond donors (Lipinski definition) is 1. The van der Waals surface area contributed by atoms with Crippen LogP contribution in [0.5, 0.6) is 5.75 Å². The highest BCUT2D eigenvalue weighted by molar-refractivity contribution is 7.81. The molecule has 1 aromatic carbocycles. The highest BCUT2D eigenvalue weighted by atomic mass is 32.3. The van der Waals surface area contributed by atoms with E-state index in [1.54, 1.807) is 24.4 Å². The Morgan fingerprint density at radius 3 is 2.80 bits per heavy atom. The molecule has 1 N–H and O–H groups in total. The Labute approximate surface area is 86.3 Å². The molecule has 1 aromatic heterocycles. The first-order chi connectivity index (χ1) is 7.04. The minimum atomic E-state index is -4.47. The van der Waals surface area contributed by atoms with Gasteiger partial charge in [-0.1, -0.05) is 6.07 Å². The van der Waals surface area contributed by atoms with Crippen molar-refractivity contribution in [2.45, 2.75) is 0 Å². The van der Waals surface area contributed by atoms with Crippen LogP contribution in [0.15, 0.2) is 36.5 Å². The molecule has 0 fully saturated rings. The summed E-state index contributed by atoms with van der Waals surface area (Å²) in [6, 6.07) is 7.99. The summed E-state index contributed by atoms with van der Waals surface area (Å²) >= 11 is 0. The lowest BCUT2D eigenvalue weighted by Crippen LogP contribution is -2.06. The van der Waals surface area contributed by atoms with E-state index in [0.717, 1.165) is 10.9 Å². The second-order valence-electron chi connectivity index (χ2n) is 2.87. The molecule has 0 bridgehead atoms. The van der Waals surface area contributed by atoms with E-state index in [4.69, 9.17) is 4.55 Å². The Morgan fingerprint density at radius 2 is 2.07 bits per heavy atom. The summed E-state index contributed by atoms with van der Waals surface area (Å²) in [5.74, 6) is 0.0537. The van der Waals surface area contributed by atoms with E-state index in [2.05, 4.69) is 9.17 Å². The third-order valence-corrected chi connectivity index (χ3v) is 2.18. The van der Waals surface area contributed by atoms with Crippen LogP contribution in [0, 0.1) is 0 Å². The van der Waals surface area contributed by atoms with Gasteiger partial charge in [0.25, 0.3) is 0 Å². The van der Waals surface area contributed by atoms with Gasteiger partial charge in [0.1, 0.15) is 5.75 Å². The van der Waals surface area contributed by atoms with Crippen LogP contribution in [0.1, 0.15) is 0 Å². The van der Waals surface area contributed by atoms with Crippen molar-refractivity contribution < 1.29 is 17.2 Å². The third-order valence-electron chi connectivity index (χ3n) is 1.78. The molecule has 1 heterocycles. The van der Waals surface area contributed by atoms with Crippen LogP contribution in [0.2, 0.25) is 0 Å². The molecule has 0 aliphatic rings. The summed E-state index contributed by atoms with van der Waals surface area (Å²) in [6.45, 7) is 0. The first-order valence-corrected chi connectivity index (χ1v) is 5.43. The van der Waals surface area contributed by atoms with Crippen molar-refractivity contribution in [3.8, 4) is 5.75 Å². The van der Waals surface area contributed by atoms with Gasteiger partial charge in [0, 0.05) is 11.6 Å². The summed E-state index contributed by atoms with van der Waals surface area (Å²) in [4.78, 5) is 4.05. The van der Waals surface area contributed by atoms with E-state index in [1.165, 1.54) is 12.1 Å². The fraction of sp³-hybridized carbons (Fsp3) is 0. The van der Waals surface area contributed by atoms with E-state index in [0.29, 0.717) is 0 Å². The lowest BCUT2D eigenvalue weighted by Gasteiger charge is -2.02. The average molecular weight is 225 g/mol. The topological polar surface area (TPSA) is 76.5 Å². The predicted molar refractivity (Wildman–Crippen MR) is 53.9 cm³/mol. The maximum Gasteiger partial charge on any atom is 0.446 e. The maximum atomic E-state index is 10.5. The lowest BCUT2D eigenvalue weighted by atomic mass is 10.2. The zero-order chi connectivity index (χ0) is 10.9. The van der Waals surface area contributed by atoms with Gasteiger partial charge >= 0.3 is 10.4 Å². The molecule has 5 nitrogen and oxygen atoms in total. The Bertz CT molecular complexity index is 594. The van der Waals surface area contributed by atoms with Gasteiger partial charge < -0.3 is 4.18 Å². The summed E-state index contributed by atoms with van der Waals surface area (Å²) in [5, 5.41) is 0.735. The van der Waals surface area contributed by atoms with Crippen molar-refractivity contribution in [3.05, 3.63) is 36.5 Å². The molecule has 0 unspecified atom stereocenters. The zero-order valence-electron chi connectivity index (χ0n) is 7.49. The number of benzene rings is 1. The van der Waals surface area contributed by atoms with E-state index < -0.39 is 10.4 Å². The van der Waals surface area contributed by atoms with E-state index in [-0.39, 0.29) is 5.75 Å². The van der Waals surface area contributed by atoms with Gasteiger partial charge in [-0.15, -0.1) is 0 Å². The van der Waals surface area contributed by atoms with Crippen LogP contribution < -0.4 is 4.18 Å². The molecule has 0 spiro atoms. The van der Waals surface area contributed by atoms with Crippen LogP contribution in [-0.2, 0) is 10.4 Å². The average Bonchev–Trinajstić information content (AvgIpc) is 2.15. The molecule has 2 aromatic rings. The lowest BCUT2D eigenvalue weighted by molar-refractivity contribution is 0.387. The van der Waals surface area contributed by atoms with Crippen molar-refractivity contribution in [1.82, 2.24) is 4.98 Å². The van der Waals surface area contributed by atoms with Gasteiger partial charge in [0.05, 0.1) is 5.52 Å². The Morgan fingerprint density at radius 1 is 1.27 bits per heavy atom. The van der Waals surface area contributed by atoms with Crippen LogP contribution in [0.4, 0.5) is 0 Å². The summed E-state index contributed by atoms with van der Waals surface area (Å²) in [6.07, 6.45) is 1.63. The molecule has 2 rings (SSSR count). The molecule has 0 saturated carbocycles. The van der Waals surface area contributed by atoms with Gasteiger partial charge in [-0.3, -0.25) is 9.54 Å². The van der Waals surface area contributed by atoms with Gasteiger partial charge in [-0.25, -0.2) is 0 Å². The van der Waals surface area contributed by atoms with Gasteiger partial charge in [-0.05, 0) is 24.3 Å². The van der Waals surface area contributed by atoms with E-state index in [1.807, 2.05) is 0 Å². The van der Waals surface area contributed by atoms with Crippen molar-refractivity contribution in [1.29, 1.82) is 0 Å². The third kappa shape index (κ3) is 2.42. The van der Waals surface area contributed by atoms with Crippen LogP contribution in [-0.4, -0.2) is 18.0 Å². The summed E-state index contributed by atoms with van der Waals surface area (Å²) in [7, 11) is -4.47. The monoisotopic (exact) mass is 225 g/mol. The molecule has 0 saturated heterocycles. The van der Waals surface area contributed by atoms with E-state index >= 15 is 0 Å². The number of pyridine rings is 1. The molecular weight excluding hydrogens is 218 g/mol. The highest BCUT2D eigenvalue weighted by Gasteiger charge is 2.06. The largest absolute Gasteiger partial charge is 0.446 e. The normalized spacial score (nSPS) is 11.5. The standard InChI is InChI=1S/C9H7NO4S/c11-15(12,13)14-8-3-4-9-7(6-8)2-1-5-10-9/h1-6H,(H,11,12,13). The minimum absolute atomic E-state index is 0.0537. The zero-order valence-corrected chi connectivity index (χ0v) is 8.31. The Kier molecular flexibility index (Phi) is 2.29. The molecule has 0 aliphatic carbocycles. The number of nitrogens with zero attached hydrogens (tertiary/aromatic N) is 1. The van der Waals surface area contributed by atoms with Gasteiger partial charge in [0.2, 0.25) is 0 Å². The molecule has 0 radical (unpaired) electrons. The van der Waals surface area contributed by atoms with Crippen molar-refractivity contribution in [2.24, 2.45) is 0 Å². The molecule has 15 heavy (non-hydrogen) atoms. The van der Waals surface area contributed by atoms with Crippen LogP contribution in [0.25, 0.3) is 10.9 Å². The minimum Gasteiger partial charge on any atom is -0.362 e. The predicted octanol–water partition coefficient (Wildman–Crippen LogP) is 1.42. The fourth-order valence-corrected chi connectivity index (χ4v) is 1.57. The van der Waals surface area contributed by atoms with Gasteiger partial charge in [0.15, 0.2) is 0 Å².